The highest BCUT2D eigenvalue weighted by atomic mass is 16.1. The molecule has 0 bridgehead atoms. The Morgan fingerprint density at radius 1 is 0.870 bits per heavy atom. The molecule has 0 radical (unpaired) electrons. The standard InChI is InChI=1S/C16H16N2O.2C2H6/c1-12(17-15-8-4-3-5-9-15)14-7-6-10-16(11-14)18-13(2)19;2*1-2/h3-11H,1-2H3,(H,18,19);2*1-2H3. The van der Waals surface area contributed by atoms with Gasteiger partial charge in [-0.2, -0.15) is 0 Å². The second-order valence-corrected chi connectivity index (χ2v) is 4.29. The summed E-state index contributed by atoms with van der Waals surface area (Å²) in [6, 6.07) is 17.5. The smallest absolute Gasteiger partial charge is 0.221 e. The number of benzene rings is 2. The Morgan fingerprint density at radius 2 is 1.48 bits per heavy atom. The minimum Gasteiger partial charge on any atom is -0.326 e. The summed E-state index contributed by atoms with van der Waals surface area (Å²) in [7, 11) is 0. The lowest BCUT2D eigenvalue weighted by Crippen LogP contribution is -2.06. The van der Waals surface area contributed by atoms with E-state index in [0.717, 1.165) is 22.6 Å². The van der Waals surface area contributed by atoms with Crippen LogP contribution >= 0.6 is 0 Å². The number of nitrogens with zero attached hydrogens (tertiary/aromatic N) is 1. The van der Waals surface area contributed by atoms with Gasteiger partial charge in [0.15, 0.2) is 0 Å². The van der Waals surface area contributed by atoms with Crippen molar-refractivity contribution >= 4 is 23.0 Å². The molecule has 0 fully saturated rings. The van der Waals surface area contributed by atoms with Crippen LogP contribution in [0.15, 0.2) is 59.6 Å². The number of hydrogen-bond donors (Lipinski definition) is 1. The van der Waals surface area contributed by atoms with Crippen LogP contribution in [0.4, 0.5) is 11.4 Å². The first-order valence-electron chi connectivity index (χ1n) is 8.13. The Bertz CT molecular complexity index is 604. The molecule has 0 aliphatic rings. The first-order chi connectivity index (χ1) is 11.1. The van der Waals surface area contributed by atoms with Gasteiger partial charge in [0.05, 0.1) is 5.69 Å². The van der Waals surface area contributed by atoms with Gasteiger partial charge in [0.2, 0.25) is 5.91 Å². The van der Waals surface area contributed by atoms with Crippen molar-refractivity contribution in [3.63, 3.8) is 0 Å². The molecule has 0 heterocycles. The van der Waals surface area contributed by atoms with Crippen LogP contribution in [0.3, 0.4) is 0 Å². The van der Waals surface area contributed by atoms with E-state index >= 15 is 0 Å². The van der Waals surface area contributed by atoms with Crippen LogP contribution in [-0.4, -0.2) is 11.6 Å². The van der Waals surface area contributed by atoms with Gasteiger partial charge in [0, 0.05) is 18.3 Å². The van der Waals surface area contributed by atoms with E-state index in [1.807, 2.05) is 89.2 Å². The molecule has 2 rings (SSSR count). The van der Waals surface area contributed by atoms with Crippen molar-refractivity contribution in [1.82, 2.24) is 0 Å². The zero-order chi connectivity index (χ0) is 17.7. The maximum atomic E-state index is 11.0. The molecule has 3 heteroatoms. The van der Waals surface area contributed by atoms with Gasteiger partial charge in [-0.3, -0.25) is 9.79 Å². The number of carbonyl (C=O) groups is 1. The van der Waals surface area contributed by atoms with Crippen molar-refractivity contribution in [2.24, 2.45) is 4.99 Å². The van der Waals surface area contributed by atoms with Gasteiger partial charge in [-0.25, -0.2) is 0 Å². The fraction of sp³-hybridized carbons (Fsp3) is 0.300. The minimum absolute atomic E-state index is 0.0743. The van der Waals surface area contributed by atoms with Gasteiger partial charge in [-0.15, -0.1) is 0 Å². The normalized spacial score (nSPS) is 9.74. The van der Waals surface area contributed by atoms with E-state index in [0.29, 0.717) is 0 Å². The van der Waals surface area contributed by atoms with Gasteiger partial charge >= 0.3 is 0 Å². The zero-order valence-corrected chi connectivity index (χ0v) is 15.1. The molecule has 124 valence electrons. The van der Waals surface area contributed by atoms with Crippen molar-refractivity contribution < 1.29 is 4.79 Å². The van der Waals surface area contributed by atoms with Crippen molar-refractivity contribution in [1.29, 1.82) is 0 Å². The van der Waals surface area contributed by atoms with Gasteiger partial charge in [-0.05, 0) is 36.8 Å². The molecule has 0 atom stereocenters. The van der Waals surface area contributed by atoms with E-state index < -0.39 is 0 Å². The highest BCUT2D eigenvalue weighted by Crippen LogP contribution is 2.16. The molecule has 3 nitrogen and oxygen atoms in total. The van der Waals surface area contributed by atoms with Crippen molar-refractivity contribution in [3.05, 3.63) is 60.2 Å². The summed E-state index contributed by atoms with van der Waals surface area (Å²) in [4.78, 5) is 15.6. The summed E-state index contributed by atoms with van der Waals surface area (Å²) in [5.74, 6) is -0.0743. The monoisotopic (exact) mass is 312 g/mol. The van der Waals surface area contributed by atoms with E-state index in [-0.39, 0.29) is 5.91 Å². The minimum atomic E-state index is -0.0743. The average molecular weight is 312 g/mol. The van der Waals surface area contributed by atoms with Gasteiger partial charge < -0.3 is 5.32 Å². The predicted molar refractivity (Wildman–Crippen MR) is 102 cm³/mol. The quantitative estimate of drug-likeness (QED) is 0.711. The van der Waals surface area contributed by atoms with Crippen molar-refractivity contribution in [2.45, 2.75) is 41.5 Å². The molecule has 0 aliphatic carbocycles. The molecule has 0 saturated carbocycles. The Balaban J connectivity index is 0.00000112. The Kier molecular flexibility index (Phi) is 10.9. The Labute approximate surface area is 140 Å². The topological polar surface area (TPSA) is 41.5 Å². The van der Waals surface area contributed by atoms with E-state index in [1.54, 1.807) is 0 Å². The highest BCUT2D eigenvalue weighted by Gasteiger charge is 2.01. The molecule has 1 amide bonds. The van der Waals surface area contributed by atoms with Crippen LogP contribution in [0.2, 0.25) is 0 Å². The third kappa shape index (κ3) is 7.96. The molecule has 0 aromatic heterocycles. The lowest BCUT2D eigenvalue weighted by molar-refractivity contribution is -0.114. The second kappa shape index (κ2) is 12.2. The third-order valence-electron chi connectivity index (χ3n) is 2.65. The lowest BCUT2D eigenvalue weighted by atomic mass is 10.1. The summed E-state index contributed by atoms with van der Waals surface area (Å²) in [6.45, 7) is 11.5. The highest BCUT2D eigenvalue weighted by molar-refractivity contribution is 6.01. The average Bonchev–Trinajstić information content (AvgIpc) is 2.59. The lowest BCUT2D eigenvalue weighted by Gasteiger charge is -2.05. The molecule has 0 spiro atoms. The number of anilines is 1. The number of rotatable bonds is 3. The molecular weight excluding hydrogens is 284 g/mol. The zero-order valence-electron chi connectivity index (χ0n) is 15.1. The molecule has 0 unspecified atom stereocenters. The number of nitrogens with one attached hydrogen (secondary N) is 1. The number of para-hydroxylation sites is 1. The largest absolute Gasteiger partial charge is 0.326 e. The predicted octanol–water partition coefficient (Wildman–Crippen LogP) is 5.84. The van der Waals surface area contributed by atoms with Crippen molar-refractivity contribution in [3.8, 4) is 0 Å². The molecule has 0 saturated heterocycles. The fourth-order valence-electron chi connectivity index (χ4n) is 1.79. The van der Waals surface area contributed by atoms with Crippen LogP contribution < -0.4 is 5.32 Å². The molecule has 2 aromatic carbocycles. The van der Waals surface area contributed by atoms with Crippen LogP contribution in [-0.2, 0) is 4.79 Å². The number of aliphatic imine (C=N–C) groups is 1. The fourth-order valence-corrected chi connectivity index (χ4v) is 1.79. The van der Waals surface area contributed by atoms with Crippen molar-refractivity contribution in [2.75, 3.05) is 5.32 Å². The van der Waals surface area contributed by atoms with E-state index in [4.69, 9.17) is 0 Å². The summed E-state index contributed by atoms with van der Waals surface area (Å²) >= 11 is 0. The summed E-state index contributed by atoms with van der Waals surface area (Å²) in [6.07, 6.45) is 0. The third-order valence-corrected chi connectivity index (χ3v) is 2.65. The summed E-state index contributed by atoms with van der Waals surface area (Å²) < 4.78 is 0. The Morgan fingerprint density at radius 3 is 2.04 bits per heavy atom. The van der Waals surface area contributed by atoms with Crippen LogP contribution in [0.5, 0.6) is 0 Å². The Hall–Kier alpha value is -2.42. The maximum absolute atomic E-state index is 11.0. The van der Waals surface area contributed by atoms with Gasteiger partial charge in [-0.1, -0.05) is 58.0 Å². The van der Waals surface area contributed by atoms with Gasteiger partial charge in [0.25, 0.3) is 0 Å². The van der Waals surface area contributed by atoms with Crippen LogP contribution in [0.1, 0.15) is 47.1 Å². The second-order valence-electron chi connectivity index (χ2n) is 4.29. The van der Waals surface area contributed by atoms with Crippen LogP contribution in [0.25, 0.3) is 0 Å². The number of hydrogen-bond acceptors (Lipinski definition) is 2. The molecule has 0 aliphatic heterocycles. The SMILES string of the molecule is CC.CC.CC(=O)Nc1cccc(C(C)=Nc2ccccc2)c1. The summed E-state index contributed by atoms with van der Waals surface area (Å²) in [5.41, 5.74) is 3.62. The molecule has 2 aromatic rings. The molecule has 23 heavy (non-hydrogen) atoms. The summed E-state index contributed by atoms with van der Waals surface area (Å²) in [5, 5.41) is 2.77. The number of carbonyl (C=O) groups excluding carboxylic acids is 1. The van der Waals surface area contributed by atoms with E-state index in [9.17, 15) is 4.79 Å². The molecular formula is C20H28N2O. The van der Waals surface area contributed by atoms with Gasteiger partial charge in [0.1, 0.15) is 0 Å². The molecule has 1 N–H and O–H groups in total. The van der Waals surface area contributed by atoms with Crippen LogP contribution in [0, 0.1) is 0 Å². The first-order valence-corrected chi connectivity index (χ1v) is 8.13. The first kappa shape index (κ1) is 20.6. The van der Waals surface area contributed by atoms with E-state index in [1.165, 1.54) is 6.92 Å². The van der Waals surface area contributed by atoms with E-state index in [2.05, 4.69) is 10.3 Å². The number of amides is 1. The maximum Gasteiger partial charge on any atom is 0.221 e.